The molecule has 5 nitrogen and oxygen atoms in total. The van der Waals surface area contributed by atoms with Gasteiger partial charge in [-0.3, -0.25) is 4.79 Å². The molecular formula is C14H25NO4. The van der Waals surface area contributed by atoms with Crippen molar-refractivity contribution < 1.29 is 19.4 Å². The summed E-state index contributed by atoms with van der Waals surface area (Å²) in [6.07, 6.45) is 1.59. The zero-order valence-corrected chi connectivity index (χ0v) is 12.3. The van der Waals surface area contributed by atoms with Crippen LogP contribution in [-0.4, -0.2) is 40.8 Å². The van der Waals surface area contributed by atoms with Crippen LogP contribution in [0.3, 0.4) is 0 Å². The highest BCUT2D eigenvalue weighted by Gasteiger charge is 2.37. The van der Waals surface area contributed by atoms with E-state index >= 15 is 0 Å². The Balaban J connectivity index is 2.35. The highest BCUT2D eigenvalue weighted by atomic mass is 16.6. The number of ether oxygens (including phenoxy) is 1. The first-order valence-corrected chi connectivity index (χ1v) is 6.92. The summed E-state index contributed by atoms with van der Waals surface area (Å²) in [4.78, 5) is 24.1. The van der Waals surface area contributed by atoms with Crippen LogP contribution in [0.15, 0.2) is 0 Å². The summed E-state index contributed by atoms with van der Waals surface area (Å²) in [5.74, 6) is 0.0495. The molecule has 0 aliphatic carbocycles. The first-order valence-electron chi connectivity index (χ1n) is 6.92. The molecule has 0 aromatic heterocycles. The highest BCUT2D eigenvalue weighted by Crippen LogP contribution is 2.30. The topological polar surface area (TPSA) is 66.8 Å². The molecule has 1 aliphatic rings. The molecule has 1 saturated heterocycles. The molecule has 1 amide bonds. The molecule has 0 saturated carbocycles. The van der Waals surface area contributed by atoms with Crippen molar-refractivity contribution in [2.24, 2.45) is 11.8 Å². The van der Waals surface area contributed by atoms with E-state index in [0.29, 0.717) is 31.3 Å². The summed E-state index contributed by atoms with van der Waals surface area (Å²) in [5.41, 5.74) is -0.463. The van der Waals surface area contributed by atoms with Gasteiger partial charge in [0.15, 0.2) is 0 Å². The van der Waals surface area contributed by atoms with Gasteiger partial charge in [-0.2, -0.15) is 0 Å². The second kappa shape index (κ2) is 6.26. The molecule has 0 aromatic rings. The van der Waals surface area contributed by atoms with Gasteiger partial charge in [-0.25, -0.2) is 4.79 Å². The van der Waals surface area contributed by atoms with E-state index in [1.807, 2.05) is 20.8 Å². The Hall–Kier alpha value is -1.26. The summed E-state index contributed by atoms with van der Waals surface area (Å²) in [6, 6.07) is 0. The van der Waals surface area contributed by atoms with Crippen LogP contribution in [0, 0.1) is 11.8 Å². The summed E-state index contributed by atoms with van der Waals surface area (Å²) >= 11 is 0. The van der Waals surface area contributed by atoms with Crippen LogP contribution in [-0.2, 0) is 9.53 Å². The fourth-order valence-corrected chi connectivity index (χ4v) is 2.37. The van der Waals surface area contributed by atoms with Gasteiger partial charge in [0.05, 0.1) is 0 Å². The number of nitrogens with zero attached hydrogens (tertiary/aromatic N) is 1. The molecule has 1 heterocycles. The maximum Gasteiger partial charge on any atom is 0.410 e. The standard InChI is InChI=1S/C14H25NO4/c1-5-10(6-7-12(16)17)11-8-15(9-11)13(18)19-14(2,3)4/h10-11H,5-9H2,1-4H3,(H,16,17). The number of likely N-dealkylation sites (tertiary alicyclic amines) is 1. The number of amides is 1. The average molecular weight is 271 g/mol. The van der Waals surface area contributed by atoms with Crippen molar-refractivity contribution in [3.05, 3.63) is 0 Å². The first kappa shape index (κ1) is 15.8. The number of carbonyl (C=O) groups is 2. The normalized spacial score (nSPS) is 17.8. The maximum atomic E-state index is 11.8. The Morgan fingerprint density at radius 3 is 2.37 bits per heavy atom. The largest absolute Gasteiger partial charge is 0.481 e. The van der Waals surface area contributed by atoms with E-state index in [4.69, 9.17) is 9.84 Å². The number of carboxylic acids is 1. The molecule has 0 aromatic carbocycles. The third-order valence-electron chi connectivity index (χ3n) is 3.48. The lowest BCUT2D eigenvalue weighted by atomic mass is 9.81. The second-order valence-corrected chi connectivity index (χ2v) is 6.25. The zero-order chi connectivity index (χ0) is 14.6. The van der Waals surface area contributed by atoms with Crippen LogP contribution >= 0.6 is 0 Å². The minimum Gasteiger partial charge on any atom is -0.481 e. The molecule has 0 spiro atoms. The fraction of sp³-hybridized carbons (Fsp3) is 0.857. The van der Waals surface area contributed by atoms with Gasteiger partial charge in [0, 0.05) is 19.5 Å². The Bertz CT molecular complexity index is 329. The van der Waals surface area contributed by atoms with Crippen molar-refractivity contribution in [1.29, 1.82) is 0 Å². The van der Waals surface area contributed by atoms with Gasteiger partial charge in [-0.15, -0.1) is 0 Å². The smallest absolute Gasteiger partial charge is 0.410 e. The van der Waals surface area contributed by atoms with Crippen molar-refractivity contribution in [3.8, 4) is 0 Å². The lowest BCUT2D eigenvalue weighted by Gasteiger charge is -2.43. The Kier molecular flexibility index (Phi) is 5.20. The number of carbonyl (C=O) groups excluding carboxylic acids is 1. The predicted octanol–water partition coefficient (Wildman–Crippen LogP) is 2.74. The van der Waals surface area contributed by atoms with Crippen LogP contribution < -0.4 is 0 Å². The maximum absolute atomic E-state index is 11.8. The van der Waals surface area contributed by atoms with Crippen LogP contribution in [0.1, 0.15) is 47.0 Å². The van der Waals surface area contributed by atoms with Crippen LogP contribution in [0.5, 0.6) is 0 Å². The molecule has 5 heteroatoms. The first-order chi connectivity index (χ1) is 8.73. The average Bonchev–Trinajstić information content (AvgIpc) is 2.17. The molecule has 0 radical (unpaired) electrons. The van der Waals surface area contributed by atoms with Crippen molar-refractivity contribution in [1.82, 2.24) is 4.90 Å². The molecule has 1 unspecified atom stereocenters. The van der Waals surface area contributed by atoms with Crippen molar-refractivity contribution in [3.63, 3.8) is 0 Å². The molecule has 110 valence electrons. The number of hydrogen-bond donors (Lipinski definition) is 1. The molecule has 1 atom stereocenters. The third-order valence-corrected chi connectivity index (χ3v) is 3.48. The molecule has 1 aliphatic heterocycles. The zero-order valence-electron chi connectivity index (χ0n) is 12.3. The van der Waals surface area contributed by atoms with E-state index in [0.717, 1.165) is 6.42 Å². The highest BCUT2D eigenvalue weighted by molar-refractivity contribution is 5.69. The monoisotopic (exact) mass is 271 g/mol. The minimum atomic E-state index is -0.748. The van der Waals surface area contributed by atoms with Gasteiger partial charge in [0.2, 0.25) is 0 Å². The summed E-state index contributed by atoms with van der Waals surface area (Å²) < 4.78 is 5.29. The number of rotatable bonds is 5. The fourth-order valence-electron chi connectivity index (χ4n) is 2.37. The minimum absolute atomic E-state index is 0.210. The number of hydrogen-bond acceptors (Lipinski definition) is 3. The van der Waals surface area contributed by atoms with Gasteiger partial charge >= 0.3 is 12.1 Å². The summed E-state index contributed by atoms with van der Waals surface area (Å²) in [6.45, 7) is 9.00. The lowest BCUT2D eigenvalue weighted by molar-refractivity contribution is -0.137. The Morgan fingerprint density at radius 1 is 1.37 bits per heavy atom. The van der Waals surface area contributed by atoms with E-state index in [1.54, 1.807) is 4.90 Å². The van der Waals surface area contributed by atoms with Gasteiger partial charge in [0.1, 0.15) is 5.60 Å². The summed E-state index contributed by atoms with van der Waals surface area (Å²) in [7, 11) is 0. The molecule has 19 heavy (non-hydrogen) atoms. The van der Waals surface area contributed by atoms with Crippen LogP contribution in [0.2, 0.25) is 0 Å². The van der Waals surface area contributed by atoms with Gasteiger partial charge < -0.3 is 14.7 Å². The third kappa shape index (κ3) is 5.09. The number of aliphatic carboxylic acids is 1. The molecular weight excluding hydrogens is 246 g/mol. The van der Waals surface area contributed by atoms with E-state index in [1.165, 1.54) is 0 Å². The summed E-state index contributed by atoms with van der Waals surface area (Å²) in [5, 5.41) is 8.71. The quantitative estimate of drug-likeness (QED) is 0.835. The lowest BCUT2D eigenvalue weighted by Crippen LogP contribution is -2.53. The van der Waals surface area contributed by atoms with Crippen LogP contribution in [0.25, 0.3) is 0 Å². The molecule has 1 rings (SSSR count). The van der Waals surface area contributed by atoms with Crippen molar-refractivity contribution in [2.75, 3.05) is 13.1 Å². The Labute approximate surface area is 114 Å². The van der Waals surface area contributed by atoms with E-state index in [9.17, 15) is 9.59 Å². The number of carboxylic acid groups (broad SMARTS) is 1. The van der Waals surface area contributed by atoms with E-state index < -0.39 is 11.6 Å². The van der Waals surface area contributed by atoms with Gasteiger partial charge in [-0.05, 0) is 39.0 Å². The van der Waals surface area contributed by atoms with E-state index in [-0.39, 0.29) is 12.5 Å². The van der Waals surface area contributed by atoms with Gasteiger partial charge in [-0.1, -0.05) is 13.3 Å². The molecule has 1 N–H and O–H groups in total. The van der Waals surface area contributed by atoms with Crippen molar-refractivity contribution in [2.45, 2.75) is 52.6 Å². The van der Waals surface area contributed by atoms with Crippen molar-refractivity contribution >= 4 is 12.1 Å². The SMILES string of the molecule is CCC(CCC(=O)O)C1CN(C(=O)OC(C)(C)C)C1. The van der Waals surface area contributed by atoms with Gasteiger partial charge in [0.25, 0.3) is 0 Å². The molecule has 0 bridgehead atoms. The molecule has 1 fully saturated rings. The second-order valence-electron chi connectivity index (χ2n) is 6.25. The Morgan fingerprint density at radius 2 is 1.95 bits per heavy atom. The predicted molar refractivity (Wildman–Crippen MR) is 71.9 cm³/mol. The van der Waals surface area contributed by atoms with Crippen LogP contribution in [0.4, 0.5) is 4.79 Å². The van der Waals surface area contributed by atoms with E-state index in [2.05, 4.69) is 6.92 Å².